The Bertz CT molecular complexity index is 498. The zero-order valence-corrected chi connectivity index (χ0v) is 9.11. The molecule has 0 aliphatic heterocycles. The van der Waals surface area contributed by atoms with E-state index < -0.39 is 11.8 Å². The molecule has 0 aliphatic rings. The maximum Gasteiger partial charge on any atom is 0.328 e. The summed E-state index contributed by atoms with van der Waals surface area (Å²) >= 11 is 0. The molecule has 0 aromatic heterocycles. The van der Waals surface area contributed by atoms with Crippen molar-refractivity contribution < 1.29 is 14.3 Å². The summed E-state index contributed by atoms with van der Waals surface area (Å²) in [5, 5.41) is 8.46. The molecule has 0 saturated carbocycles. The van der Waals surface area contributed by atoms with Crippen LogP contribution in [0.5, 0.6) is 0 Å². The van der Waals surface area contributed by atoms with Crippen LogP contribution in [0.25, 0.3) is 6.08 Å². The first kappa shape index (κ1) is 12.9. The lowest BCUT2D eigenvalue weighted by atomic mass is 10.1. The van der Waals surface area contributed by atoms with Crippen LogP contribution < -0.4 is 5.73 Å². The summed E-state index contributed by atoms with van der Waals surface area (Å²) in [5.41, 5.74) is 6.12. The molecule has 0 aliphatic carbocycles. The number of carboxylic acid groups (broad SMARTS) is 1. The van der Waals surface area contributed by atoms with Gasteiger partial charge in [0.2, 0.25) is 0 Å². The maximum absolute atomic E-state index is 13.3. The van der Waals surface area contributed by atoms with Gasteiger partial charge in [0.25, 0.3) is 0 Å². The third-order valence-electron chi connectivity index (χ3n) is 1.90. The molecular weight excluding hydrogens is 221 g/mol. The number of aliphatic carboxylic acids is 1. The molecule has 0 fully saturated rings. The molecule has 3 N–H and O–H groups in total. The largest absolute Gasteiger partial charge is 0.478 e. The summed E-state index contributed by atoms with van der Waals surface area (Å²) in [6, 6.07) is 4.29. The van der Waals surface area contributed by atoms with E-state index in [9.17, 15) is 9.18 Å². The van der Waals surface area contributed by atoms with Crippen LogP contribution in [-0.4, -0.2) is 17.6 Å². The summed E-state index contributed by atoms with van der Waals surface area (Å²) < 4.78 is 13.3. The van der Waals surface area contributed by atoms with Crippen molar-refractivity contribution in [3.63, 3.8) is 0 Å². The van der Waals surface area contributed by atoms with Crippen molar-refractivity contribution in [1.29, 1.82) is 0 Å². The van der Waals surface area contributed by atoms with Crippen LogP contribution in [0, 0.1) is 17.7 Å². The van der Waals surface area contributed by atoms with Crippen LogP contribution in [0.1, 0.15) is 17.5 Å². The molecule has 0 amide bonds. The molecule has 0 saturated heterocycles. The fraction of sp³-hybridized carbons (Fsp3) is 0.154. The first-order valence-corrected chi connectivity index (χ1v) is 5.03. The summed E-state index contributed by atoms with van der Waals surface area (Å²) in [6.07, 6.45) is 2.65. The highest BCUT2D eigenvalue weighted by Gasteiger charge is 1.99. The van der Waals surface area contributed by atoms with E-state index in [1.54, 1.807) is 0 Å². The molecule has 0 radical (unpaired) electrons. The van der Waals surface area contributed by atoms with Crippen LogP contribution in [0.4, 0.5) is 4.39 Å². The average Bonchev–Trinajstić information content (AvgIpc) is 2.29. The lowest BCUT2D eigenvalue weighted by Crippen LogP contribution is -1.95. The van der Waals surface area contributed by atoms with Gasteiger partial charge in [-0.05, 0) is 24.3 Å². The van der Waals surface area contributed by atoms with Gasteiger partial charge in [-0.15, -0.1) is 0 Å². The molecule has 88 valence electrons. The van der Waals surface area contributed by atoms with Crippen molar-refractivity contribution in [1.82, 2.24) is 0 Å². The van der Waals surface area contributed by atoms with Crippen molar-refractivity contribution in [2.24, 2.45) is 5.73 Å². The lowest BCUT2D eigenvalue weighted by Gasteiger charge is -1.97. The summed E-state index contributed by atoms with van der Waals surface area (Å²) in [4.78, 5) is 10.3. The number of rotatable bonds is 3. The topological polar surface area (TPSA) is 63.3 Å². The zero-order chi connectivity index (χ0) is 12.7. The van der Waals surface area contributed by atoms with E-state index >= 15 is 0 Å². The molecule has 0 bridgehead atoms. The fourth-order valence-corrected chi connectivity index (χ4v) is 1.15. The lowest BCUT2D eigenvalue weighted by molar-refractivity contribution is -0.131. The fourth-order valence-electron chi connectivity index (χ4n) is 1.15. The summed E-state index contributed by atoms with van der Waals surface area (Å²) in [5.74, 6) is 4.05. The van der Waals surface area contributed by atoms with Gasteiger partial charge in [0, 0.05) is 30.2 Å². The standard InChI is InChI=1S/C13H12FNO2/c14-12-6-4-10(3-1-2-8-15)9-11(12)5-7-13(16)17/h4-7,9H,2,8,15H2,(H,16,17)/b7-5+. The van der Waals surface area contributed by atoms with Crippen LogP contribution >= 0.6 is 0 Å². The Morgan fingerprint density at radius 1 is 1.53 bits per heavy atom. The Labute approximate surface area is 98.8 Å². The third kappa shape index (κ3) is 4.49. The number of halogens is 1. The Morgan fingerprint density at radius 3 is 2.94 bits per heavy atom. The number of hydrogen-bond donors (Lipinski definition) is 2. The summed E-state index contributed by atoms with van der Waals surface area (Å²) in [6.45, 7) is 0.472. The first-order valence-electron chi connectivity index (χ1n) is 5.03. The minimum Gasteiger partial charge on any atom is -0.478 e. The molecule has 0 atom stereocenters. The number of benzene rings is 1. The second-order valence-corrected chi connectivity index (χ2v) is 3.25. The van der Waals surface area contributed by atoms with E-state index in [1.807, 2.05) is 0 Å². The molecule has 0 unspecified atom stereocenters. The zero-order valence-electron chi connectivity index (χ0n) is 9.11. The van der Waals surface area contributed by atoms with Gasteiger partial charge in [0.1, 0.15) is 5.82 Å². The van der Waals surface area contributed by atoms with Crippen LogP contribution in [0.15, 0.2) is 24.3 Å². The van der Waals surface area contributed by atoms with Crippen molar-refractivity contribution in [2.75, 3.05) is 6.54 Å². The molecule has 17 heavy (non-hydrogen) atoms. The average molecular weight is 233 g/mol. The second-order valence-electron chi connectivity index (χ2n) is 3.25. The number of carbonyl (C=O) groups is 1. The predicted octanol–water partition coefficient (Wildman–Crippen LogP) is 1.62. The van der Waals surface area contributed by atoms with Gasteiger partial charge in [0.15, 0.2) is 0 Å². The van der Waals surface area contributed by atoms with E-state index in [0.29, 0.717) is 18.5 Å². The van der Waals surface area contributed by atoms with E-state index in [4.69, 9.17) is 10.8 Å². The monoisotopic (exact) mass is 233 g/mol. The molecule has 1 rings (SSSR count). The molecule has 4 heteroatoms. The van der Waals surface area contributed by atoms with Gasteiger partial charge in [-0.2, -0.15) is 0 Å². The minimum atomic E-state index is -1.12. The number of nitrogens with two attached hydrogens (primary N) is 1. The van der Waals surface area contributed by atoms with E-state index in [1.165, 1.54) is 24.3 Å². The van der Waals surface area contributed by atoms with Gasteiger partial charge < -0.3 is 10.8 Å². The Hall–Kier alpha value is -2.12. The van der Waals surface area contributed by atoms with Gasteiger partial charge in [-0.25, -0.2) is 9.18 Å². The first-order chi connectivity index (χ1) is 8.13. The minimum absolute atomic E-state index is 0.201. The maximum atomic E-state index is 13.3. The number of hydrogen-bond acceptors (Lipinski definition) is 2. The highest BCUT2D eigenvalue weighted by atomic mass is 19.1. The molecule has 0 heterocycles. The van der Waals surface area contributed by atoms with Crippen LogP contribution in [0.3, 0.4) is 0 Å². The van der Waals surface area contributed by atoms with Crippen molar-refractivity contribution in [3.05, 3.63) is 41.2 Å². The van der Waals surface area contributed by atoms with Crippen LogP contribution in [0.2, 0.25) is 0 Å². The predicted molar refractivity (Wildman–Crippen MR) is 63.6 cm³/mol. The van der Waals surface area contributed by atoms with Crippen molar-refractivity contribution in [3.8, 4) is 11.8 Å². The summed E-state index contributed by atoms with van der Waals surface area (Å²) in [7, 11) is 0. The van der Waals surface area contributed by atoms with Gasteiger partial charge in [0.05, 0.1) is 0 Å². The third-order valence-corrected chi connectivity index (χ3v) is 1.90. The second kappa shape index (κ2) is 6.46. The van der Waals surface area contributed by atoms with E-state index in [2.05, 4.69) is 11.8 Å². The van der Waals surface area contributed by atoms with Crippen molar-refractivity contribution >= 4 is 12.0 Å². The van der Waals surface area contributed by atoms with E-state index in [0.717, 1.165) is 6.08 Å². The quantitative estimate of drug-likeness (QED) is 0.616. The Balaban J connectivity index is 2.95. The molecular formula is C13H12FNO2. The normalized spacial score (nSPS) is 10.0. The highest BCUT2D eigenvalue weighted by Crippen LogP contribution is 2.11. The van der Waals surface area contributed by atoms with Crippen LogP contribution in [-0.2, 0) is 4.79 Å². The Morgan fingerprint density at radius 2 is 2.29 bits per heavy atom. The molecule has 1 aromatic carbocycles. The van der Waals surface area contributed by atoms with Crippen molar-refractivity contribution in [2.45, 2.75) is 6.42 Å². The van der Waals surface area contributed by atoms with Gasteiger partial charge in [-0.1, -0.05) is 11.8 Å². The van der Waals surface area contributed by atoms with Gasteiger partial charge in [-0.3, -0.25) is 0 Å². The Kier molecular flexibility index (Phi) is 4.92. The smallest absolute Gasteiger partial charge is 0.328 e. The molecule has 3 nitrogen and oxygen atoms in total. The SMILES string of the molecule is NCCC#Cc1ccc(F)c(/C=C/C(=O)O)c1. The molecule has 0 spiro atoms. The van der Waals surface area contributed by atoms with Gasteiger partial charge >= 0.3 is 5.97 Å². The highest BCUT2D eigenvalue weighted by molar-refractivity contribution is 5.85. The molecule has 1 aromatic rings. The number of carboxylic acids is 1. The van der Waals surface area contributed by atoms with E-state index in [-0.39, 0.29) is 5.56 Å².